The van der Waals surface area contributed by atoms with Gasteiger partial charge in [-0.1, -0.05) is 60.7 Å². The van der Waals surface area contributed by atoms with E-state index in [9.17, 15) is 15.0 Å². The molecule has 0 bridgehead atoms. The molecular formula is C30H35NO4. The molecule has 0 aromatic heterocycles. The van der Waals surface area contributed by atoms with E-state index >= 15 is 0 Å². The van der Waals surface area contributed by atoms with Gasteiger partial charge in [-0.2, -0.15) is 0 Å². The minimum absolute atomic E-state index is 0.118. The fourth-order valence-corrected chi connectivity index (χ4v) is 5.90. The number of carboxylic acid groups (broad SMARTS) is 1. The SMILES string of the molecule is C[C@@H](OCC(O)CNC(C)(C)Cc1ccc2ccccc2c1)c1cccc2c1[C@H]1[C@@H](C2)[C@@H]1C(=O)O. The molecule has 0 spiro atoms. The normalized spacial score (nSPS) is 22.5. The first-order valence-corrected chi connectivity index (χ1v) is 12.6. The highest BCUT2D eigenvalue weighted by Gasteiger charge is 2.60. The molecule has 184 valence electrons. The predicted molar refractivity (Wildman–Crippen MR) is 138 cm³/mol. The third-order valence-corrected chi connectivity index (χ3v) is 7.73. The number of carboxylic acids is 1. The number of rotatable bonds is 10. The second kappa shape index (κ2) is 9.38. The quantitative estimate of drug-likeness (QED) is 0.392. The molecule has 2 aliphatic carbocycles. The average Bonchev–Trinajstić information content (AvgIpc) is 3.42. The molecule has 1 unspecified atom stereocenters. The predicted octanol–water partition coefficient (Wildman–Crippen LogP) is 4.86. The number of nitrogens with one attached hydrogen (secondary N) is 1. The van der Waals surface area contributed by atoms with Crippen molar-refractivity contribution in [2.75, 3.05) is 13.2 Å². The molecule has 5 heteroatoms. The Morgan fingerprint density at radius 2 is 1.89 bits per heavy atom. The first kappa shape index (κ1) is 24.0. The van der Waals surface area contributed by atoms with Crippen molar-refractivity contribution in [3.8, 4) is 0 Å². The van der Waals surface area contributed by atoms with E-state index < -0.39 is 12.1 Å². The van der Waals surface area contributed by atoms with E-state index in [1.807, 2.05) is 19.1 Å². The number of benzene rings is 3. The summed E-state index contributed by atoms with van der Waals surface area (Å²) in [6.07, 6.45) is 0.867. The summed E-state index contributed by atoms with van der Waals surface area (Å²) >= 11 is 0. The monoisotopic (exact) mass is 473 g/mol. The van der Waals surface area contributed by atoms with Crippen molar-refractivity contribution in [2.45, 2.75) is 57.3 Å². The Labute approximate surface area is 207 Å². The third kappa shape index (κ3) is 4.99. The zero-order chi connectivity index (χ0) is 24.7. The van der Waals surface area contributed by atoms with Crippen LogP contribution in [0, 0.1) is 11.8 Å². The molecule has 35 heavy (non-hydrogen) atoms. The van der Waals surface area contributed by atoms with Gasteiger partial charge < -0.3 is 20.3 Å². The van der Waals surface area contributed by atoms with Crippen LogP contribution in [-0.2, 0) is 22.4 Å². The van der Waals surface area contributed by atoms with Crippen molar-refractivity contribution in [3.63, 3.8) is 0 Å². The molecule has 5 nitrogen and oxygen atoms in total. The van der Waals surface area contributed by atoms with Gasteiger partial charge in [-0.3, -0.25) is 4.79 Å². The fraction of sp³-hybridized carbons (Fsp3) is 0.433. The Morgan fingerprint density at radius 3 is 2.66 bits per heavy atom. The number of aliphatic hydroxyl groups is 1. The number of hydrogen-bond donors (Lipinski definition) is 3. The fourth-order valence-electron chi connectivity index (χ4n) is 5.90. The highest BCUT2D eigenvalue weighted by atomic mass is 16.5. The van der Waals surface area contributed by atoms with Crippen LogP contribution in [0.25, 0.3) is 10.8 Å². The number of aliphatic hydroxyl groups excluding tert-OH is 1. The van der Waals surface area contributed by atoms with E-state index in [1.54, 1.807) is 0 Å². The number of carbonyl (C=O) groups is 1. The van der Waals surface area contributed by atoms with Gasteiger partial charge in [0.25, 0.3) is 0 Å². The van der Waals surface area contributed by atoms with Crippen molar-refractivity contribution < 1.29 is 19.7 Å². The van der Waals surface area contributed by atoms with E-state index in [0.29, 0.717) is 6.54 Å². The zero-order valence-electron chi connectivity index (χ0n) is 20.7. The summed E-state index contributed by atoms with van der Waals surface area (Å²) in [6, 6.07) is 21.1. The van der Waals surface area contributed by atoms with Gasteiger partial charge in [-0.05, 0) is 72.6 Å². The van der Waals surface area contributed by atoms with Crippen LogP contribution in [0.3, 0.4) is 0 Å². The summed E-state index contributed by atoms with van der Waals surface area (Å²) in [5.41, 5.74) is 4.57. The zero-order valence-corrected chi connectivity index (χ0v) is 20.7. The Balaban J connectivity index is 1.14. The first-order valence-electron chi connectivity index (χ1n) is 12.6. The summed E-state index contributed by atoms with van der Waals surface area (Å²) in [4.78, 5) is 11.5. The summed E-state index contributed by atoms with van der Waals surface area (Å²) in [5.74, 6) is -0.597. The molecule has 0 heterocycles. The molecule has 5 atom stereocenters. The van der Waals surface area contributed by atoms with Crippen LogP contribution in [0.2, 0.25) is 0 Å². The van der Waals surface area contributed by atoms with E-state index in [-0.39, 0.29) is 36.0 Å². The van der Waals surface area contributed by atoms with E-state index in [4.69, 9.17) is 4.74 Å². The van der Waals surface area contributed by atoms with Gasteiger partial charge in [0.15, 0.2) is 0 Å². The standard InChI is InChI=1S/C30H35NO4/c1-18(24-10-6-9-22-14-25-27(26(22)24)28(25)29(33)34)35-17-23(32)16-31-30(2,3)15-19-11-12-20-7-4-5-8-21(20)13-19/h4-13,18,23,25,27-28,31-32H,14-17H2,1-3H3,(H,33,34)/t18-,23?,25-,27-,28+/m1/s1. The molecule has 0 amide bonds. The van der Waals surface area contributed by atoms with Crippen molar-refractivity contribution in [3.05, 3.63) is 82.9 Å². The van der Waals surface area contributed by atoms with Crippen molar-refractivity contribution >= 4 is 16.7 Å². The number of ether oxygens (including phenoxy) is 1. The van der Waals surface area contributed by atoms with Crippen LogP contribution in [0.4, 0.5) is 0 Å². The molecule has 0 radical (unpaired) electrons. The summed E-state index contributed by atoms with van der Waals surface area (Å²) in [7, 11) is 0. The molecule has 1 saturated carbocycles. The van der Waals surface area contributed by atoms with E-state index in [2.05, 4.69) is 67.7 Å². The number of aliphatic carboxylic acids is 1. The average molecular weight is 474 g/mol. The highest BCUT2D eigenvalue weighted by molar-refractivity contribution is 5.83. The van der Waals surface area contributed by atoms with Crippen LogP contribution in [0.5, 0.6) is 0 Å². The Hall–Kier alpha value is -2.73. The minimum atomic E-state index is -0.693. The van der Waals surface area contributed by atoms with Crippen molar-refractivity contribution in [2.24, 2.45) is 11.8 Å². The lowest BCUT2D eigenvalue weighted by Crippen LogP contribution is -2.46. The van der Waals surface area contributed by atoms with E-state index in [0.717, 1.165) is 18.4 Å². The maximum atomic E-state index is 11.5. The first-order chi connectivity index (χ1) is 16.7. The van der Waals surface area contributed by atoms with Gasteiger partial charge in [-0.25, -0.2) is 0 Å². The van der Waals surface area contributed by atoms with Gasteiger partial charge in [0.1, 0.15) is 0 Å². The van der Waals surface area contributed by atoms with Crippen LogP contribution in [-0.4, -0.2) is 41.0 Å². The molecular weight excluding hydrogens is 438 g/mol. The molecule has 3 aromatic rings. The van der Waals surface area contributed by atoms with Gasteiger partial charge in [-0.15, -0.1) is 0 Å². The summed E-state index contributed by atoms with van der Waals surface area (Å²) in [6.45, 7) is 6.95. The number of β-amino-alcohol motifs (C(OH)–C–C–N with tert-alkyl or cyclic N) is 1. The van der Waals surface area contributed by atoms with Crippen molar-refractivity contribution in [1.29, 1.82) is 0 Å². The lowest BCUT2D eigenvalue weighted by atomic mass is 9.93. The largest absolute Gasteiger partial charge is 0.481 e. The smallest absolute Gasteiger partial charge is 0.307 e. The van der Waals surface area contributed by atoms with Crippen LogP contribution < -0.4 is 5.32 Å². The molecule has 5 rings (SSSR count). The van der Waals surface area contributed by atoms with Crippen LogP contribution >= 0.6 is 0 Å². The highest BCUT2D eigenvalue weighted by Crippen LogP contribution is 2.62. The van der Waals surface area contributed by atoms with Gasteiger partial charge >= 0.3 is 5.97 Å². The van der Waals surface area contributed by atoms with Gasteiger partial charge in [0.05, 0.1) is 24.7 Å². The van der Waals surface area contributed by atoms with Crippen molar-refractivity contribution in [1.82, 2.24) is 5.32 Å². The molecule has 0 aliphatic heterocycles. The Bertz CT molecular complexity index is 1240. The molecule has 2 aliphatic rings. The minimum Gasteiger partial charge on any atom is -0.481 e. The lowest BCUT2D eigenvalue weighted by Gasteiger charge is -2.28. The number of fused-ring (bicyclic) bond motifs is 4. The van der Waals surface area contributed by atoms with Gasteiger partial charge in [0.2, 0.25) is 0 Å². The van der Waals surface area contributed by atoms with Gasteiger partial charge in [0, 0.05) is 18.0 Å². The Morgan fingerprint density at radius 1 is 1.11 bits per heavy atom. The topological polar surface area (TPSA) is 78.8 Å². The van der Waals surface area contributed by atoms with E-state index in [1.165, 1.54) is 27.5 Å². The molecule has 3 aromatic carbocycles. The molecule has 1 fully saturated rings. The summed E-state index contributed by atoms with van der Waals surface area (Å²) in [5, 5.41) is 26.1. The maximum absolute atomic E-state index is 11.5. The third-order valence-electron chi connectivity index (χ3n) is 7.73. The Kier molecular flexibility index (Phi) is 6.43. The van der Waals surface area contributed by atoms with Crippen LogP contribution in [0.1, 0.15) is 55.0 Å². The second-order valence-electron chi connectivity index (χ2n) is 10.9. The molecule has 0 saturated heterocycles. The maximum Gasteiger partial charge on any atom is 0.307 e. The number of hydrogen-bond acceptors (Lipinski definition) is 4. The molecule has 3 N–H and O–H groups in total. The summed E-state index contributed by atoms with van der Waals surface area (Å²) < 4.78 is 6.07. The second-order valence-corrected chi connectivity index (χ2v) is 10.9. The van der Waals surface area contributed by atoms with Crippen LogP contribution in [0.15, 0.2) is 60.7 Å². The lowest BCUT2D eigenvalue weighted by molar-refractivity contribution is -0.139.